The lowest BCUT2D eigenvalue weighted by Gasteiger charge is -2.07. The van der Waals surface area contributed by atoms with Crippen molar-refractivity contribution >= 4 is 18.3 Å². The van der Waals surface area contributed by atoms with Gasteiger partial charge in [-0.25, -0.2) is 9.07 Å². The molecule has 22 heavy (non-hydrogen) atoms. The first-order valence-corrected chi connectivity index (χ1v) is 6.93. The van der Waals surface area contributed by atoms with E-state index in [1.807, 2.05) is 0 Å². The van der Waals surface area contributed by atoms with Gasteiger partial charge in [0.15, 0.2) is 0 Å². The zero-order valence-electron chi connectivity index (χ0n) is 12.4. The van der Waals surface area contributed by atoms with Crippen molar-refractivity contribution in [3.8, 4) is 5.69 Å². The van der Waals surface area contributed by atoms with Gasteiger partial charge in [-0.1, -0.05) is 12.1 Å². The van der Waals surface area contributed by atoms with E-state index < -0.39 is 0 Å². The van der Waals surface area contributed by atoms with Crippen molar-refractivity contribution in [2.24, 2.45) is 5.73 Å². The SMILES string of the molecule is Cc1c(C(=O)NCCCCN)cnn1-c1ccccc1F.Cl. The molecule has 2 aromatic rings. The number of carbonyl (C=O) groups excluding carboxylic acids is 1. The van der Waals surface area contributed by atoms with E-state index in [1.165, 1.54) is 16.9 Å². The third-order valence-electron chi connectivity index (χ3n) is 3.25. The summed E-state index contributed by atoms with van der Waals surface area (Å²) in [6.45, 7) is 2.93. The maximum atomic E-state index is 13.8. The number of para-hydroxylation sites is 1. The molecule has 0 atom stereocenters. The zero-order valence-corrected chi connectivity index (χ0v) is 13.2. The molecule has 0 spiro atoms. The summed E-state index contributed by atoms with van der Waals surface area (Å²) >= 11 is 0. The highest BCUT2D eigenvalue weighted by molar-refractivity contribution is 5.95. The van der Waals surface area contributed by atoms with Crippen LogP contribution in [0.15, 0.2) is 30.5 Å². The molecule has 0 saturated carbocycles. The number of amides is 1. The van der Waals surface area contributed by atoms with Gasteiger partial charge >= 0.3 is 0 Å². The summed E-state index contributed by atoms with van der Waals surface area (Å²) < 4.78 is 15.2. The Labute approximate surface area is 135 Å². The number of hydrogen-bond donors (Lipinski definition) is 2. The second kappa shape index (κ2) is 8.51. The summed E-state index contributed by atoms with van der Waals surface area (Å²) in [5.41, 5.74) is 6.79. The minimum Gasteiger partial charge on any atom is -0.352 e. The normalized spacial score (nSPS) is 10.1. The molecule has 7 heteroatoms. The maximum absolute atomic E-state index is 13.8. The van der Waals surface area contributed by atoms with Crippen LogP contribution in [0.2, 0.25) is 0 Å². The molecular formula is C15H20ClFN4O. The summed E-state index contributed by atoms with van der Waals surface area (Å²) in [7, 11) is 0. The average molecular weight is 327 g/mol. The van der Waals surface area contributed by atoms with Crippen LogP contribution in [0, 0.1) is 12.7 Å². The summed E-state index contributed by atoms with van der Waals surface area (Å²) in [4.78, 5) is 12.1. The Morgan fingerprint density at radius 3 is 2.77 bits per heavy atom. The Morgan fingerprint density at radius 2 is 2.09 bits per heavy atom. The van der Waals surface area contributed by atoms with Gasteiger partial charge in [-0.15, -0.1) is 12.4 Å². The molecule has 0 aliphatic rings. The van der Waals surface area contributed by atoms with E-state index in [0.29, 0.717) is 30.0 Å². The molecule has 1 aromatic carbocycles. The van der Waals surface area contributed by atoms with Crippen molar-refractivity contribution in [2.75, 3.05) is 13.1 Å². The predicted molar refractivity (Wildman–Crippen MR) is 86.1 cm³/mol. The first-order chi connectivity index (χ1) is 10.1. The van der Waals surface area contributed by atoms with Crippen LogP contribution < -0.4 is 11.1 Å². The Balaban J connectivity index is 0.00000242. The highest BCUT2D eigenvalue weighted by atomic mass is 35.5. The van der Waals surface area contributed by atoms with Gasteiger partial charge < -0.3 is 11.1 Å². The van der Waals surface area contributed by atoms with E-state index in [-0.39, 0.29) is 24.1 Å². The fraction of sp³-hybridized carbons (Fsp3) is 0.333. The molecule has 0 unspecified atom stereocenters. The molecule has 0 fully saturated rings. The highest BCUT2D eigenvalue weighted by Gasteiger charge is 2.16. The second-order valence-electron chi connectivity index (χ2n) is 4.76. The fourth-order valence-electron chi connectivity index (χ4n) is 2.07. The first kappa shape index (κ1) is 18.1. The summed E-state index contributed by atoms with van der Waals surface area (Å²) in [6, 6.07) is 6.33. The number of nitrogens with one attached hydrogen (secondary N) is 1. The molecule has 1 aromatic heterocycles. The van der Waals surface area contributed by atoms with E-state index in [4.69, 9.17) is 5.73 Å². The quantitative estimate of drug-likeness (QED) is 0.799. The van der Waals surface area contributed by atoms with E-state index in [2.05, 4.69) is 10.4 Å². The minimum absolute atomic E-state index is 0. The summed E-state index contributed by atoms with van der Waals surface area (Å²) in [6.07, 6.45) is 3.16. The van der Waals surface area contributed by atoms with Crippen LogP contribution in [0.1, 0.15) is 28.9 Å². The number of aromatic nitrogens is 2. The molecule has 0 radical (unpaired) electrons. The standard InChI is InChI=1S/C15H19FN4O.ClH/c1-11-12(15(21)18-9-5-4-8-17)10-19-20(11)14-7-3-2-6-13(14)16;/h2-3,6-7,10H,4-5,8-9,17H2,1H3,(H,18,21);1H. The number of nitrogens with zero attached hydrogens (tertiary/aromatic N) is 2. The molecule has 1 heterocycles. The molecule has 0 bridgehead atoms. The van der Waals surface area contributed by atoms with E-state index in [9.17, 15) is 9.18 Å². The number of nitrogens with two attached hydrogens (primary N) is 1. The third-order valence-corrected chi connectivity index (χ3v) is 3.25. The molecular weight excluding hydrogens is 307 g/mol. The average Bonchev–Trinajstić information content (AvgIpc) is 2.86. The van der Waals surface area contributed by atoms with Crippen molar-refractivity contribution in [1.29, 1.82) is 0 Å². The van der Waals surface area contributed by atoms with Crippen molar-refractivity contribution in [1.82, 2.24) is 15.1 Å². The molecule has 120 valence electrons. The molecule has 1 amide bonds. The van der Waals surface area contributed by atoms with Crippen molar-refractivity contribution in [3.63, 3.8) is 0 Å². The first-order valence-electron chi connectivity index (χ1n) is 6.93. The van der Waals surface area contributed by atoms with E-state index in [0.717, 1.165) is 12.8 Å². The van der Waals surface area contributed by atoms with Crippen molar-refractivity contribution in [2.45, 2.75) is 19.8 Å². The second-order valence-corrected chi connectivity index (χ2v) is 4.76. The van der Waals surface area contributed by atoms with E-state index >= 15 is 0 Å². The largest absolute Gasteiger partial charge is 0.352 e. The number of carbonyl (C=O) groups is 1. The Hall–Kier alpha value is -1.92. The smallest absolute Gasteiger partial charge is 0.254 e. The van der Waals surface area contributed by atoms with Gasteiger partial charge in [0.1, 0.15) is 11.5 Å². The lowest BCUT2D eigenvalue weighted by atomic mass is 10.2. The minimum atomic E-state index is -0.376. The Morgan fingerprint density at radius 1 is 1.36 bits per heavy atom. The van der Waals surface area contributed by atoms with Crippen LogP contribution in [-0.4, -0.2) is 28.8 Å². The van der Waals surface area contributed by atoms with Crippen LogP contribution in [0.25, 0.3) is 5.69 Å². The number of benzene rings is 1. The molecule has 0 saturated heterocycles. The van der Waals surface area contributed by atoms with E-state index in [1.54, 1.807) is 25.1 Å². The molecule has 0 aliphatic carbocycles. The van der Waals surface area contributed by atoms with Gasteiger partial charge in [0.2, 0.25) is 0 Å². The van der Waals surface area contributed by atoms with Crippen molar-refractivity contribution < 1.29 is 9.18 Å². The van der Waals surface area contributed by atoms with Gasteiger partial charge in [0, 0.05) is 6.54 Å². The molecule has 2 rings (SSSR count). The number of hydrogen-bond acceptors (Lipinski definition) is 3. The van der Waals surface area contributed by atoms with Crippen LogP contribution >= 0.6 is 12.4 Å². The fourth-order valence-corrected chi connectivity index (χ4v) is 2.07. The van der Waals surface area contributed by atoms with Gasteiger partial charge in [-0.05, 0) is 38.4 Å². The van der Waals surface area contributed by atoms with Crippen LogP contribution in [0.5, 0.6) is 0 Å². The highest BCUT2D eigenvalue weighted by Crippen LogP contribution is 2.16. The topological polar surface area (TPSA) is 72.9 Å². The zero-order chi connectivity index (χ0) is 15.2. The summed E-state index contributed by atoms with van der Waals surface area (Å²) in [5, 5.41) is 6.92. The van der Waals surface area contributed by atoms with Crippen LogP contribution in [0.4, 0.5) is 4.39 Å². The van der Waals surface area contributed by atoms with Gasteiger partial charge in [0.05, 0.1) is 17.5 Å². The molecule has 5 nitrogen and oxygen atoms in total. The van der Waals surface area contributed by atoms with Gasteiger partial charge in [-0.2, -0.15) is 5.10 Å². The third kappa shape index (κ3) is 4.05. The monoisotopic (exact) mass is 326 g/mol. The van der Waals surface area contributed by atoms with Crippen LogP contribution in [0.3, 0.4) is 0 Å². The van der Waals surface area contributed by atoms with Crippen LogP contribution in [-0.2, 0) is 0 Å². The predicted octanol–water partition coefficient (Wildman–Crippen LogP) is 2.21. The maximum Gasteiger partial charge on any atom is 0.254 e. The lowest BCUT2D eigenvalue weighted by Crippen LogP contribution is -2.25. The lowest BCUT2D eigenvalue weighted by molar-refractivity contribution is 0.0952. The number of unbranched alkanes of at least 4 members (excludes halogenated alkanes) is 1. The van der Waals surface area contributed by atoms with Gasteiger partial charge in [0.25, 0.3) is 5.91 Å². The van der Waals surface area contributed by atoms with Gasteiger partial charge in [-0.3, -0.25) is 4.79 Å². The molecule has 3 N–H and O–H groups in total. The van der Waals surface area contributed by atoms with Crippen molar-refractivity contribution in [3.05, 3.63) is 47.5 Å². The number of rotatable bonds is 6. The molecule has 0 aliphatic heterocycles. The Bertz CT molecular complexity index is 630. The summed E-state index contributed by atoms with van der Waals surface area (Å²) in [5.74, 6) is -0.578. The Kier molecular flexibility index (Phi) is 7.01. The number of halogens is 2.